The van der Waals surface area contributed by atoms with Crippen LogP contribution in [0.15, 0.2) is 6.33 Å². The van der Waals surface area contributed by atoms with Crippen LogP contribution >= 0.6 is 0 Å². The molecule has 4 atom stereocenters. The third-order valence-corrected chi connectivity index (χ3v) is 4.66. The number of nitrogens with one attached hydrogen (secondary N) is 1. The molecule has 3 heterocycles. The molecule has 26 heavy (non-hydrogen) atoms. The van der Waals surface area contributed by atoms with E-state index in [9.17, 15) is 15.0 Å². The van der Waals surface area contributed by atoms with E-state index in [1.54, 1.807) is 30.5 Å². The van der Waals surface area contributed by atoms with Crippen LogP contribution in [0, 0.1) is 0 Å². The summed E-state index contributed by atoms with van der Waals surface area (Å²) in [5, 5.41) is 23.2. The van der Waals surface area contributed by atoms with Crippen LogP contribution < -0.4 is 5.32 Å². The van der Waals surface area contributed by atoms with Crippen LogP contribution in [-0.4, -0.2) is 79.5 Å². The van der Waals surface area contributed by atoms with Crippen molar-refractivity contribution in [1.82, 2.24) is 24.4 Å². The lowest BCUT2D eigenvalue weighted by molar-refractivity contribution is -0.127. The van der Waals surface area contributed by atoms with Crippen LogP contribution in [0.5, 0.6) is 0 Å². The van der Waals surface area contributed by atoms with Crippen LogP contribution in [-0.2, 0) is 16.0 Å². The van der Waals surface area contributed by atoms with Crippen LogP contribution in [0.3, 0.4) is 0 Å². The molecular weight excluding hydrogens is 340 g/mol. The highest BCUT2D eigenvalue weighted by molar-refractivity contribution is 5.83. The molecule has 1 aliphatic heterocycles. The Morgan fingerprint density at radius 2 is 2.12 bits per heavy atom. The summed E-state index contributed by atoms with van der Waals surface area (Å²) in [5.41, 5.74) is 1.04. The Labute approximate surface area is 150 Å². The fraction of sp³-hybridized carbons (Fsp3) is 0.625. The molecular formula is C16H24N6O4. The van der Waals surface area contributed by atoms with Gasteiger partial charge in [-0.05, 0) is 6.92 Å². The average Bonchev–Trinajstić information content (AvgIpc) is 3.15. The second-order valence-electron chi connectivity index (χ2n) is 6.47. The van der Waals surface area contributed by atoms with E-state index in [1.807, 2.05) is 0 Å². The van der Waals surface area contributed by atoms with Gasteiger partial charge >= 0.3 is 0 Å². The number of hydrogen-bond acceptors (Lipinski definition) is 8. The van der Waals surface area contributed by atoms with Gasteiger partial charge in [-0.3, -0.25) is 9.36 Å². The summed E-state index contributed by atoms with van der Waals surface area (Å²) in [7, 11) is 3.45. The number of carbonyl (C=O) groups excluding carboxylic acids is 1. The molecule has 4 unspecified atom stereocenters. The lowest BCUT2D eigenvalue weighted by Crippen LogP contribution is -2.30. The van der Waals surface area contributed by atoms with Crippen LogP contribution in [0.25, 0.3) is 11.2 Å². The van der Waals surface area contributed by atoms with Crippen molar-refractivity contribution in [3.63, 3.8) is 0 Å². The maximum absolute atomic E-state index is 11.4. The fourth-order valence-electron chi connectivity index (χ4n) is 2.92. The first-order valence-corrected chi connectivity index (χ1v) is 8.48. The minimum Gasteiger partial charge on any atom is -0.388 e. The number of rotatable bonds is 5. The number of ether oxygens (including phenoxy) is 1. The normalized spacial score (nSPS) is 25.6. The molecule has 3 N–H and O–H groups in total. The number of imidazole rings is 1. The molecule has 0 aliphatic carbocycles. The Morgan fingerprint density at radius 3 is 2.69 bits per heavy atom. The predicted molar refractivity (Wildman–Crippen MR) is 93.5 cm³/mol. The number of nitrogens with zero attached hydrogens (tertiary/aromatic N) is 5. The summed E-state index contributed by atoms with van der Waals surface area (Å²) in [5.74, 6) is 1.06. The average molecular weight is 364 g/mol. The third kappa shape index (κ3) is 3.22. The molecule has 0 saturated carbocycles. The van der Waals surface area contributed by atoms with E-state index in [4.69, 9.17) is 4.74 Å². The fourth-order valence-corrected chi connectivity index (χ4v) is 2.92. The number of carbonyl (C=O) groups is 1. The monoisotopic (exact) mass is 364 g/mol. The minimum atomic E-state index is -1.08. The third-order valence-electron chi connectivity index (χ3n) is 4.66. The van der Waals surface area contributed by atoms with Crippen LogP contribution in [0.2, 0.25) is 0 Å². The molecule has 0 bridgehead atoms. The van der Waals surface area contributed by atoms with Gasteiger partial charge in [-0.2, -0.15) is 0 Å². The molecule has 1 amide bonds. The molecule has 0 radical (unpaired) electrons. The van der Waals surface area contributed by atoms with Gasteiger partial charge in [0.2, 0.25) is 5.91 Å². The SMILES string of the molecule is CNc1nc(CCN(C)C(C)=O)nc2c1ncn2C1OC(C)C(O)C1O. The van der Waals surface area contributed by atoms with Crippen molar-refractivity contribution < 1.29 is 19.7 Å². The van der Waals surface area contributed by atoms with Crippen molar-refractivity contribution in [3.05, 3.63) is 12.2 Å². The van der Waals surface area contributed by atoms with E-state index in [-0.39, 0.29) is 5.91 Å². The van der Waals surface area contributed by atoms with Gasteiger partial charge in [0.25, 0.3) is 0 Å². The molecule has 1 fully saturated rings. The molecule has 1 aliphatic rings. The Morgan fingerprint density at radius 1 is 1.38 bits per heavy atom. The minimum absolute atomic E-state index is 0.0320. The lowest BCUT2D eigenvalue weighted by Gasteiger charge is -2.17. The van der Waals surface area contributed by atoms with E-state index < -0.39 is 24.5 Å². The summed E-state index contributed by atoms with van der Waals surface area (Å²) in [6, 6.07) is 0. The zero-order valence-corrected chi connectivity index (χ0v) is 15.2. The Balaban J connectivity index is 1.96. The number of aliphatic hydroxyl groups excluding tert-OH is 2. The van der Waals surface area contributed by atoms with Gasteiger partial charge in [-0.15, -0.1) is 0 Å². The number of amides is 1. The topological polar surface area (TPSA) is 126 Å². The molecule has 1 saturated heterocycles. The predicted octanol–water partition coefficient (Wildman–Crippen LogP) is -0.472. The van der Waals surface area contributed by atoms with Crippen LogP contribution in [0.1, 0.15) is 25.9 Å². The zero-order valence-electron chi connectivity index (χ0n) is 15.2. The maximum Gasteiger partial charge on any atom is 0.219 e. The highest BCUT2D eigenvalue weighted by Crippen LogP contribution is 2.32. The van der Waals surface area contributed by atoms with Gasteiger partial charge in [-0.25, -0.2) is 15.0 Å². The summed E-state index contributed by atoms with van der Waals surface area (Å²) in [6.07, 6.45) is -1.35. The first-order valence-electron chi connectivity index (χ1n) is 8.48. The van der Waals surface area contributed by atoms with Crippen molar-refractivity contribution in [2.24, 2.45) is 0 Å². The molecule has 10 heteroatoms. The summed E-state index contributed by atoms with van der Waals surface area (Å²) in [6.45, 7) is 3.68. The molecule has 142 valence electrons. The molecule has 0 spiro atoms. The summed E-state index contributed by atoms with van der Waals surface area (Å²) >= 11 is 0. The quantitative estimate of drug-likeness (QED) is 0.650. The summed E-state index contributed by atoms with van der Waals surface area (Å²) in [4.78, 5) is 26.3. The van der Waals surface area contributed by atoms with E-state index in [0.717, 1.165) is 0 Å². The number of likely N-dealkylation sites (N-methyl/N-ethyl adjacent to an activating group) is 1. The van der Waals surface area contributed by atoms with E-state index >= 15 is 0 Å². The molecule has 2 aromatic heterocycles. The second kappa shape index (κ2) is 7.14. The van der Waals surface area contributed by atoms with Gasteiger partial charge in [0, 0.05) is 34.0 Å². The molecule has 2 aromatic rings. The number of fused-ring (bicyclic) bond motifs is 1. The Kier molecular flexibility index (Phi) is 5.08. The van der Waals surface area contributed by atoms with E-state index in [0.29, 0.717) is 35.8 Å². The Bertz CT molecular complexity index is 809. The smallest absolute Gasteiger partial charge is 0.219 e. The molecule has 10 nitrogen and oxygen atoms in total. The first-order chi connectivity index (χ1) is 12.3. The van der Waals surface area contributed by atoms with Crippen molar-refractivity contribution in [2.75, 3.05) is 26.0 Å². The van der Waals surface area contributed by atoms with Crippen molar-refractivity contribution in [3.8, 4) is 0 Å². The lowest BCUT2D eigenvalue weighted by atomic mass is 10.1. The standard InChI is InChI=1S/C16H24N6O4/c1-8-12(24)13(25)16(26-8)22-7-18-11-14(17-3)19-10(20-15(11)22)5-6-21(4)9(2)23/h7-8,12-13,16,24-25H,5-6H2,1-4H3,(H,17,19,20). The van der Waals surface area contributed by atoms with Gasteiger partial charge in [0.1, 0.15) is 18.0 Å². The van der Waals surface area contributed by atoms with Crippen molar-refractivity contribution in [1.29, 1.82) is 0 Å². The largest absolute Gasteiger partial charge is 0.388 e. The number of aliphatic hydroxyl groups is 2. The zero-order chi connectivity index (χ0) is 19.0. The van der Waals surface area contributed by atoms with Gasteiger partial charge in [0.15, 0.2) is 23.2 Å². The Hall–Kier alpha value is -2.30. The van der Waals surface area contributed by atoms with Crippen molar-refractivity contribution in [2.45, 2.75) is 44.8 Å². The number of anilines is 1. The summed E-state index contributed by atoms with van der Waals surface area (Å²) < 4.78 is 7.28. The van der Waals surface area contributed by atoms with Gasteiger partial charge < -0.3 is 25.2 Å². The number of aromatic nitrogens is 4. The van der Waals surface area contributed by atoms with E-state index in [1.165, 1.54) is 13.3 Å². The van der Waals surface area contributed by atoms with E-state index in [2.05, 4.69) is 20.3 Å². The first kappa shape index (κ1) is 18.5. The van der Waals surface area contributed by atoms with Crippen LogP contribution in [0.4, 0.5) is 5.82 Å². The number of hydrogen-bond donors (Lipinski definition) is 3. The van der Waals surface area contributed by atoms with Crippen molar-refractivity contribution >= 4 is 22.9 Å². The molecule has 0 aromatic carbocycles. The second-order valence-corrected chi connectivity index (χ2v) is 6.47. The highest BCUT2D eigenvalue weighted by atomic mass is 16.6. The van der Waals surface area contributed by atoms with Gasteiger partial charge in [0.05, 0.1) is 12.4 Å². The molecule has 3 rings (SSSR count). The van der Waals surface area contributed by atoms with Gasteiger partial charge in [-0.1, -0.05) is 0 Å². The maximum atomic E-state index is 11.4. The highest BCUT2D eigenvalue weighted by Gasteiger charge is 2.42.